The van der Waals surface area contributed by atoms with E-state index in [-0.39, 0.29) is 0 Å². The number of rotatable bonds is 1. The molecule has 0 fully saturated rings. The molecule has 0 spiro atoms. The Morgan fingerprint density at radius 1 is 1.46 bits per heavy atom. The van der Waals surface area contributed by atoms with Crippen molar-refractivity contribution in [2.75, 3.05) is 0 Å². The van der Waals surface area contributed by atoms with Gasteiger partial charge in [0.15, 0.2) is 6.29 Å². The molecule has 0 atom stereocenters. The van der Waals surface area contributed by atoms with E-state index in [4.69, 9.17) is 0 Å². The van der Waals surface area contributed by atoms with Crippen molar-refractivity contribution in [2.45, 2.75) is 11.8 Å². The molecule has 0 aliphatic heterocycles. The van der Waals surface area contributed by atoms with E-state index >= 15 is 0 Å². The first-order valence-corrected chi connectivity index (χ1v) is 5.21. The molecule has 2 aromatic rings. The van der Waals surface area contributed by atoms with Crippen LogP contribution in [0.1, 0.15) is 15.9 Å². The van der Waals surface area contributed by atoms with Gasteiger partial charge in [-0.25, -0.2) is 0 Å². The molecule has 1 aromatic heterocycles. The zero-order chi connectivity index (χ0) is 9.42. The molecule has 1 heterocycles. The predicted molar refractivity (Wildman–Crippen MR) is 59.2 cm³/mol. The van der Waals surface area contributed by atoms with Gasteiger partial charge in [-0.3, -0.25) is 4.79 Å². The van der Waals surface area contributed by atoms with Crippen LogP contribution in [0.5, 0.6) is 0 Å². The third-order valence-corrected chi connectivity index (χ3v) is 3.51. The van der Waals surface area contributed by atoms with Crippen molar-refractivity contribution in [2.24, 2.45) is 0 Å². The second kappa shape index (κ2) is 3.16. The molecule has 66 valence electrons. The van der Waals surface area contributed by atoms with Gasteiger partial charge in [-0.1, -0.05) is 0 Å². The average Bonchev–Trinajstić information content (AvgIpc) is 2.49. The molecule has 0 saturated carbocycles. The molecule has 3 heteroatoms. The van der Waals surface area contributed by atoms with Gasteiger partial charge in [-0.05, 0) is 30.0 Å². The van der Waals surface area contributed by atoms with Crippen LogP contribution < -0.4 is 0 Å². The molecule has 0 saturated heterocycles. The SMILES string of the molecule is Cc1csc2ccc(S)c(C=O)c12. The van der Waals surface area contributed by atoms with Crippen LogP contribution in [0.15, 0.2) is 22.4 Å². The van der Waals surface area contributed by atoms with Gasteiger partial charge in [0.25, 0.3) is 0 Å². The molecule has 13 heavy (non-hydrogen) atoms. The molecule has 2 rings (SSSR count). The number of aryl methyl sites for hydroxylation is 1. The van der Waals surface area contributed by atoms with Gasteiger partial charge in [0.1, 0.15) is 0 Å². The van der Waals surface area contributed by atoms with Crippen molar-refractivity contribution in [1.29, 1.82) is 0 Å². The fourth-order valence-electron chi connectivity index (χ4n) is 1.42. The lowest BCUT2D eigenvalue weighted by Gasteiger charge is -1.99. The van der Waals surface area contributed by atoms with Crippen LogP contribution in [0, 0.1) is 6.92 Å². The lowest BCUT2D eigenvalue weighted by atomic mass is 10.1. The lowest BCUT2D eigenvalue weighted by Crippen LogP contribution is -1.84. The van der Waals surface area contributed by atoms with Gasteiger partial charge in [-0.2, -0.15) is 0 Å². The highest BCUT2D eigenvalue weighted by Gasteiger charge is 2.07. The number of thiophene rings is 1. The molecule has 0 bridgehead atoms. The monoisotopic (exact) mass is 208 g/mol. The number of benzene rings is 1. The summed E-state index contributed by atoms with van der Waals surface area (Å²) in [4.78, 5) is 11.6. The third kappa shape index (κ3) is 1.28. The number of thiol groups is 1. The first kappa shape index (κ1) is 8.78. The Hall–Kier alpha value is -0.800. The summed E-state index contributed by atoms with van der Waals surface area (Å²) in [6.45, 7) is 2.01. The Bertz CT molecular complexity index is 471. The minimum absolute atomic E-state index is 0.708. The summed E-state index contributed by atoms with van der Waals surface area (Å²) in [5, 5.41) is 3.11. The zero-order valence-electron chi connectivity index (χ0n) is 7.07. The normalized spacial score (nSPS) is 10.6. The highest BCUT2D eigenvalue weighted by atomic mass is 32.1. The molecule has 0 aliphatic rings. The number of carbonyl (C=O) groups is 1. The second-order valence-corrected chi connectivity index (χ2v) is 4.30. The van der Waals surface area contributed by atoms with Crippen molar-refractivity contribution in [3.8, 4) is 0 Å². The highest BCUT2D eigenvalue weighted by Crippen LogP contribution is 2.30. The van der Waals surface area contributed by atoms with Crippen molar-refractivity contribution in [1.82, 2.24) is 0 Å². The molecule has 0 aliphatic carbocycles. The fourth-order valence-corrected chi connectivity index (χ4v) is 2.62. The topological polar surface area (TPSA) is 17.1 Å². The van der Waals surface area contributed by atoms with Gasteiger partial charge < -0.3 is 0 Å². The maximum atomic E-state index is 10.8. The molecule has 1 nitrogen and oxygen atoms in total. The van der Waals surface area contributed by atoms with E-state index in [0.717, 1.165) is 26.8 Å². The Labute approximate surface area is 85.8 Å². The van der Waals surface area contributed by atoms with E-state index < -0.39 is 0 Å². The number of fused-ring (bicyclic) bond motifs is 1. The van der Waals surface area contributed by atoms with Crippen molar-refractivity contribution in [3.05, 3.63) is 28.6 Å². The van der Waals surface area contributed by atoms with Crippen molar-refractivity contribution in [3.63, 3.8) is 0 Å². The first-order valence-electron chi connectivity index (χ1n) is 3.89. The number of carbonyl (C=O) groups excluding carboxylic acids is 1. The summed E-state index contributed by atoms with van der Waals surface area (Å²) < 4.78 is 1.15. The summed E-state index contributed by atoms with van der Waals surface area (Å²) in [5.74, 6) is 0. The Kier molecular flexibility index (Phi) is 2.14. The van der Waals surface area contributed by atoms with Crippen LogP contribution in [0.25, 0.3) is 10.1 Å². The van der Waals surface area contributed by atoms with E-state index in [1.165, 1.54) is 0 Å². The smallest absolute Gasteiger partial charge is 0.151 e. The Balaban J connectivity index is 2.96. The first-order chi connectivity index (χ1) is 6.24. The quantitative estimate of drug-likeness (QED) is 0.562. The number of hydrogen-bond acceptors (Lipinski definition) is 3. The van der Waals surface area contributed by atoms with E-state index in [0.29, 0.717) is 5.56 Å². The number of hydrogen-bond donors (Lipinski definition) is 1. The van der Waals surface area contributed by atoms with Gasteiger partial charge >= 0.3 is 0 Å². The standard InChI is InChI=1S/C10H8OS2/c1-6-5-13-9-3-2-8(12)7(4-11)10(6)9/h2-5,12H,1H3. The molecular weight excluding hydrogens is 200 g/mol. The molecule has 0 unspecified atom stereocenters. The van der Waals surface area contributed by atoms with E-state index in [9.17, 15) is 4.79 Å². The van der Waals surface area contributed by atoms with Gasteiger partial charge in [0.05, 0.1) is 0 Å². The molecular formula is C10H8OS2. The van der Waals surface area contributed by atoms with Crippen LogP contribution in [-0.2, 0) is 0 Å². The van der Waals surface area contributed by atoms with Crippen LogP contribution in [0.3, 0.4) is 0 Å². The van der Waals surface area contributed by atoms with Crippen molar-refractivity contribution < 1.29 is 4.79 Å². The Morgan fingerprint density at radius 3 is 2.92 bits per heavy atom. The molecule has 1 aromatic carbocycles. The highest BCUT2D eigenvalue weighted by molar-refractivity contribution is 7.80. The molecule has 0 radical (unpaired) electrons. The largest absolute Gasteiger partial charge is 0.298 e. The minimum Gasteiger partial charge on any atom is -0.298 e. The average molecular weight is 208 g/mol. The Morgan fingerprint density at radius 2 is 2.23 bits per heavy atom. The zero-order valence-corrected chi connectivity index (χ0v) is 8.78. The van der Waals surface area contributed by atoms with Crippen LogP contribution in [0.2, 0.25) is 0 Å². The third-order valence-electron chi connectivity index (χ3n) is 2.06. The van der Waals surface area contributed by atoms with E-state index in [1.807, 2.05) is 19.1 Å². The van der Waals surface area contributed by atoms with Crippen LogP contribution >= 0.6 is 24.0 Å². The van der Waals surface area contributed by atoms with Gasteiger partial charge in [0, 0.05) is 20.5 Å². The predicted octanol–water partition coefficient (Wildman–Crippen LogP) is 3.31. The van der Waals surface area contributed by atoms with Gasteiger partial charge in [-0.15, -0.1) is 24.0 Å². The fraction of sp³-hybridized carbons (Fsp3) is 0.100. The number of aldehydes is 1. The maximum absolute atomic E-state index is 10.8. The summed E-state index contributed by atoms with van der Waals surface area (Å²) in [6.07, 6.45) is 0.879. The van der Waals surface area contributed by atoms with E-state index in [2.05, 4.69) is 18.0 Å². The van der Waals surface area contributed by atoms with Gasteiger partial charge in [0.2, 0.25) is 0 Å². The minimum atomic E-state index is 0.708. The summed E-state index contributed by atoms with van der Waals surface area (Å²) in [7, 11) is 0. The summed E-state index contributed by atoms with van der Waals surface area (Å²) in [5.41, 5.74) is 1.86. The summed E-state index contributed by atoms with van der Waals surface area (Å²) >= 11 is 5.91. The lowest BCUT2D eigenvalue weighted by molar-refractivity contribution is 0.112. The molecule has 0 N–H and O–H groups in total. The maximum Gasteiger partial charge on any atom is 0.151 e. The van der Waals surface area contributed by atoms with Crippen LogP contribution in [-0.4, -0.2) is 6.29 Å². The summed E-state index contributed by atoms with van der Waals surface area (Å²) in [6, 6.07) is 3.87. The van der Waals surface area contributed by atoms with E-state index in [1.54, 1.807) is 11.3 Å². The second-order valence-electron chi connectivity index (χ2n) is 2.91. The molecule has 0 amide bonds. The van der Waals surface area contributed by atoms with Crippen LogP contribution in [0.4, 0.5) is 0 Å². The van der Waals surface area contributed by atoms with Crippen molar-refractivity contribution >= 4 is 40.3 Å².